The minimum atomic E-state index is -6.45. The van der Waals surface area contributed by atoms with Gasteiger partial charge in [0.05, 0.1) is 0 Å². The monoisotopic (exact) mass is 576 g/mol. The van der Waals surface area contributed by atoms with Crippen molar-refractivity contribution >= 4 is 11.4 Å². The number of nitrogen functional groups attached to an aromatic ring is 2. The molecule has 2 nitrogen and oxygen atoms in total. The van der Waals surface area contributed by atoms with Crippen LogP contribution in [-0.2, 0) is 11.8 Å². The topological polar surface area (TPSA) is 52.0 Å². The van der Waals surface area contributed by atoms with Crippen LogP contribution < -0.4 is 11.5 Å². The number of alkyl halides is 8. The Kier molecular flexibility index (Phi) is 7.67. The molecule has 222 valence electrons. The highest BCUT2D eigenvalue weighted by molar-refractivity contribution is 5.61. The molecule has 4 N–H and O–H groups in total. The van der Waals surface area contributed by atoms with Crippen LogP contribution in [0.1, 0.15) is 123 Å². The summed E-state index contributed by atoms with van der Waals surface area (Å²) in [5.74, 6) is -25.6. The molecular formula is C30H36F8N2. The van der Waals surface area contributed by atoms with E-state index >= 15 is 35.1 Å². The molecule has 4 rings (SSSR count). The standard InChI is InChI=1S/C30H36F8N2/c1-5-15(3)21-11-19(13-23(25(21)39)17-7-8-17)27(31,32)29(35,36)30(37,38)28(33,34)20-12-22(16(4)6-2)26(40)24(14-20)18-9-10-18/h11-18H,5-10,39-40H2,1-4H3. The Morgan fingerprint density at radius 1 is 0.625 bits per heavy atom. The van der Waals surface area contributed by atoms with Gasteiger partial charge in [-0.2, -0.15) is 35.1 Å². The summed E-state index contributed by atoms with van der Waals surface area (Å²) in [6.07, 6.45) is 3.11. The van der Waals surface area contributed by atoms with E-state index in [-0.39, 0.29) is 45.5 Å². The zero-order chi connectivity index (χ0) is 30.0. The second-order valence-corrected chi connectivity index (χ2v) is 11.6. The molecule has 0 aromatic heterocycles. The number of benzene rings is 2. The number of hydrogen-bond donors (Lipinski definition) is 2. The Bertz CT molecular complexity index is 1170. The zero-order valence-electron chi connectivity index (χ0n) is 23.0. The molecule has 2 fully saturated rings. The van der Waals surface area contributed by atoms with Gasteiger partial charge in [-0.05, 0) is 109 Å². The minimum absolute atomic E-state index is 0.109. The van der Waals surface area contributed by atoms with Gasteiger partial charge in [0.2, 0.25) is 0 Å². The van der Waals surface area contributed by atoms with E-state index in [1.165, 1.54) is 0 Å². The lowest BCUT2D eigenvalue weighted by Gasteiger charge is -2.38. The highest BCUT2D eigenvalue weighted by atomic mass is 19.4. The fraction of sp³-hybridized carbons (Fsp3) is 0.600. The fourth-order valence-electron chi connectivity index (χ4n) is 5.24. The number of nitrogens with two attached hydrogens (primary N) is 2. The summed E-state index contributed by atoms with van der Waals surface area (Å²) in [6, 6.07) is 2.67. The fourth-order valence-corrected chi connectivity index (χ4v) is 5.24. The van der Waals surface area contributed by atoms with Gasteiger partial charge in [0.15, 0.2) is 0 Å². The number of halogens is 8. The van der Waals surface area contributed by atoms with Gasteiger partial charge in [-0.3, -0.25) is 0 Å². The Hall–Kier alpha value is -2.52. The van der Waals surface area contributed by atoms with Crippen molar-refractivity contribution < 1.29 is 35.1 Å². The van der Waals surface area contributed by atoms with E-state index < -0.39 is 46.7 Å². The predicted molar refractivity (Wildman–Crippen MR) is 141 cm³/mol. The van der Waals surface area contributed by atoms with E-state index in [1.807, 2.05) is 0 Å². The Morgan fingerprint density at radius 2 is 0.925 bits per heavy atom. The van der Waals surface area contributed by atoms with Crippen molar-refractivity contribution in [2.45, 2.75) is 114 Å². The van der Waals surface area contributed by atoms with Gasteiger partial charge in [-0.15, -0.1) is 0 Å². The molecule has 40 heavy (non-hydrogen) atoms. The first-order valence-electron chi connectivity index (χ1n) is 13.8. The summed E-state index contributed by atoms with van der Waals surface area (Å²) in [6.45, 7) is 6.73. The first kappa shape index (κ1) is 30.4. The van der Waals surface area contributed by atoms with Gasteiger partial charge in [-0.1, -0.05) is 27.7 Å². The van der Waals surface area contributed by atoms with Crippen LogP contribution in [0.5, 0.6) is 0 Å². The lowest BCUT2D eigenvalue weighted by molar-refractivity contribution is -0.374. The van der Waals surface area contributed by atoms with Crippen molar-refractivity contribution in [2.75, 3.05) is 11.5 Å². The summed E-state index contributed by atoms with van der Waals surface area (Å²) in [5, 5.41) is 0. The van der Waals surface area contributed by atoms with Crippen molar-refractivity contribution in [3.05, 3.63) is 57.6 Å². The summed E-state index contributed by atoms with van der Waals surface area (Å²) in [7, 11) is 0. The van der Waals surface area contributed by atoms with Crippen LogP contribution >= 0.6 is 0 Å². The third-order valence-electron chi connectivity index (χ3n) is 8.72. The quantitative estimate of drug-likeness (QED) is 0.207. The second kappa shape index (κ2) is 10.1. The highest BCUT2D eigenvalue weighted by Crippen LogP contribution is 2.61. The van der Waals surface area contributed by atoms with E-state index in [2.05, 4.69) is 0 Å². The molecule has 0 aliphatic heterocycles. The average molecular weight is 577 g/mol. The van der Waals surface area contributed by atoms with Gasteiger partial charge in [-0.25, -0.2) is 0 Å². The van der Waals surface area contributed by atoms with Gasteiger partial charge >= 0.3 is 23.7 Å². The smallest absolute Gasteiger partial charge is 0.382 e. The molecule has 10 heteroatoms. The minimum Gasteiger partial charge on any atom is -0.398 e. The van der Waals surface area contributed by atoms with Crippen molar-refractivity contribution in [3.63, 3.8) is 0 Å². The third-order valence-corrected chi connectivity index (χ3v) is 8.72. The summed E-state index contributed by atoms with van der Waals surface area (Å²) >= 11 is 0. The second-order valence-electron chi connectivity index (χ2n) is 11.6. The number of hydrogen-bond acceptors (Lipinski definition) is 2. The van der Waals surface area contributed by atoms with E-state index in [0.29, 0.717) is 62.8 Å². The van der Waals surface area contributed by atoms with Crippen LogP contribution in [0.2, 0.25) is 0 Å². The normalized spacial score (nSPS) is 18.6. The van der Waals surface area contributed by atoms with Crippen LogP contribution in [0.25, 0.3) is 0 Å². The summed E-state index contributed by atoms with van der Waals surface area (Å²) in [4.78, 5) is 0. The van der Waals surface area contributed by atoms with E-state index in [9.17, 15) is 0 Å². The maximum absolute atomic E-state index is 15.5. The molecule has 0 heterocycles. The van der Waals surface area contributed by atoms with Crippen LogP contribution in [0, 0.1) is 0 Å². The number of rotatable bonds is 11. The average Bonchev–Trinajstić information content (AvgIpc) is 3.81. The number of anilines is 2. The molecular weight excluding hydrogens is 540 g/mol. The first-order chi connectivity index (χ1) is 18.4. The first-order valence-corrected chi connectivity index (χ1v) is 13.8. The van der Waals surface area contributed by atoms with Crippen LogP contribution in [0.15, 0.2) is 24.3 Å². The molecule has 0 amide bonds. The van der Waals surface area contributed by atoms with Crippen molar-refractivity contribution in [3.8, 4) is 0 Å². The Morgan fingerprint density at radius 3 is 1.18 bits per heavy atom. The van der Waals surface area contributed by atoms with E-state index in [4.69, 9.17) is 11.5 Å². The molecule has 0 saturated heterocycles. The van der Waals surface area contributed by atoms with Crippen LogP contribution in [-0.4, -0.2) is 11.8 Å². The third kappa shape index (κ3) is 4.73. The molecule has 2 aromatic rings. The summed E-state index contributed by atoms with van der Waals surface area (Å²) < 4.78 is 124. The predicted octanol–water partition coefficient (Wildman–Crippen LogP) is 9.79. The van der Waals surface area contributed by atoms with Crippen LogP contribution in [0.3, 0.4) is 0 Å². The Labute approximate surface area is 229 Å². The summed E-state index contributed by atoms with van der Waals surface area (Å²) in [5.41, 5.74) is 10.2. The lowest BCUT2D eigenvalue weighted by atomic mass is 9.84. The largest absolute Gasteiger partial charge is 0.398 e. The lowest BCUT2D eigenvalue weighted by Crippen LogP contribution is -2.59. The SMILES string of the molecule is CCC(C)c1cc(C(F)(F)C(F)(F)C(F)(F)C(F)(F)c2cc(C(C)CC)c(N)c(C3CC3)c2)cc(C2CC2)c1N. The van der Waals surface area contributed by atoms with Gasteiger partial charge in [0.25, 0.3) is 0 Å². The molecule has 2 aromatic carbocycles. The molecule has 2 atom stereocenters. The molecule has 2 saturated carbocycles. The van der Waals surface area contributed by atoms with E-state index in [1.54, 1.807) is 27.7 Å². The molecule has 2 aliphatic carbocycles. The molecule has 2 unspecified atom stereocenters. The van der Waals surface area contributed by atoms with Crippen molar-refractivity contribution in [1.82, 2.24) is 0 Å². The molecule has 0 radical (unpaired) electrons. The van der Waals surface area contributed by atoms with Crippen LogP contribution in [0.4, 0.5) is 46.5 Å². The zero-order valence-corrected chi connectivity index (χ0v) is 23.0. The van der Waals surface area contributed by atoms with Gasteiger partial charge < -0.3 is 11.5 Å². The van der Waals surface area contributed by atoms with Gasteiger partial charge in [0, 0.05) is 22.5 Å². The van der Waals surface area contributed by atoms with Crippen molar-refractivity contribution in [1.29, 1.82) is 0 Å². The van der Waals surface area contributed by atoms with Crippen molar-refractivity contribution in [2.24, 2.45) is 0 Å². The Balaban J connectivity index is 1.84. The maximum Gasteiger partial charge on any atom is 0.382 e. The van der Waals surface area contributed by atoms with Gasteiger partial charge in [0.1, 0.15) is 0 Å². The molecule has 0 bridgehead atoms. The maximum atomic E-state index is 15.5. The van der Waals surface area contributed by atoms with E-state index in [0.717, 1.165) is 0 Å². The molecule has 0 spiro atoms. The molecule has 2 aliphatic rings. The highest BCUT2D eigenvalue weighted by Gasteiger charge is 2.81.